The summed E-state index contributed by atoms with van der Waals surface area (Å²) >= 11 is 5.83. The number of carbonyl (C=O) groups is 1. The summed E-state index contributed by atoms with van der Waals surface area (Å²) in [4.78, 5) is 35.4. The summed E-state index contributed by atoms with van der Waals surface area (Å²) in [6.45, 7) is 2.54. The maximum absolute atomic E-state index is 13.8. The molecule has 0 bridgehead atoms. The summed E-state index contributed by atoms with van der Waals surface area (Å²) in [5.41, 5.74) is 0.338. The zero-order chi connectivity index (χ0) is 27.4. The minimum atomic E-state index is -4.73. The predicted molar refractivity (Wildman–Crippen MR) is 137 cm³/mol. The quantitative estimate of drug-likeness (QED) is 0.325. The highest BCUT2D eigenvalue weighted by Crippen LogP contribution is 2.36. The number of pyridine rings is 1. The maximum atomic E-state index is 13.8. The standard InChI is InChI=1S/C26H21ClF3N5O3/c1-13(31-19-7-8-20(27)32-22(19)24(37)38)17-9-16(26(28,29)30)10-18-21(17)33-25(34(2)23(18)36)35-11-14-5-3-4-6-15(14)12-35/h3-10,13,31H,11-12H2,1-2H3,(H,37,38)/t13-/m1/s1. The van der Waals surface area contributed by atoms with E-state index in [1.807, 2.05) is 29.2 Å². The lowest BCUT2D eigenvalue weighted by Crippen LogP contribution is -2.29. The molecule has 0 fully saturated rings. The van der Waals surface area contributed by atoms with Gasteiger partial charge in [0.15, 0.2) is 5.69 Å². The van der Waals surface area contributed by atoms with Gasteiger partial charge in [0.1, 0.15) is 5.15 Å². The summed E-state index contributed by atoms with van der Waals surface area (Å²) < 4.78 is 42.8. The molecule has 0 radical (unpaired) electrons. The van der Waals surface area contributed by atoms with Gasteiger partial charge in [0, 0.05) is 25.7 Å². The lowest BCUT2D eigenvalue weighted by molar-refractivity contribution is -0.137. The number of aromatic carboxylic acids is 1. The molecule has 38 heavy (non-hydrogen) atoms. The number of nitrogens with one attached hydrogen (secondary N) is 1. The van der Waals surface area contributed by atoms with Crippen molar-refractivity contribution in [2.24, 2.45) is 7.05 Å². The predicted octanol–water partition coefficient (Wildman–Crippen LogP) is 5.39. The lowest BCUT2D eigenvalue weighted by atomic mass is 10.00. The molecule has 4 aromatic rings. The molecule has 2 N–H and O–H groups in total. The SMILES string of the molecule is C[C@@H](Nc1ccc(Cl)nc1C(=O)O)c1cc(C(F)(F)F)cc2c(=O)n(C)c(N3Cc4ccccc4C3)nc12. The molecule has 1 aliphatic rings. The Bertz CT molecular complexity index is 1630. The second-order valence-electron chi connectivity index (χ2n) is 9.06. The van der Waals surface area contributed by atoms with Crippen molar-refractivity contribution in [3.05, 3.63) is 92.0 Å². The van der Waals surface area contributed by atoms with Gasteiger partial charge in [-0.1, -0.05) is 35.9 Å². The van der Waals surface area contributed by atoms with Gasteiger partial charge >= 0.3 is 12.1 Å². The first kappa shape index (κ1) is 25.5. The number of alkyl halides is 3. The average Bonchev–Trinajstić information content (AvgIpc) is 3.30. The van der Waals surface area contributed by atoms with Crippen molar-refractivity contribution in [2.75, 3.05) is 10.2 Å². The van der Waals surface area contributed by atoms with Gasteiger partial charge in [0.05, 0.1) is 28.2 Å². The molecule has 1 aliphatic heterocycles. The minimum Gasteiger partial charge on any atom is -0.476 e. The molecule has 0 saturated carbocycles. The Kier molecular flexibility index (Phi) is 6.26. The van der Waals surface area contributed by atoms with E-state index in [1.54, 1.807) is 6.92 Å². The number of halogens is 4. The van der Waals surface area contributed by atoms with E-state index >= 15 is 0 Å². The van der Waals surface area contributed by atoms with Gasteiger partial charge in [-0.15, -0.1) is 0 Å². The van der Waals surface area contributed by atoms with Crippen LogP contribution in [0.15, 0.2) is 53.3 Å². The van der Waals surface area contributed by atoms with Crippen LogP contribution in [0.4, 0.5) is 24.8 Å². The van der Waals surface area contributed by atoms with Crippen molar-refractivity contribution in [3.8, 4) is 0 Å². The van der Waals surface area contributed by atoms with Gasteiger partial charge in [-0.3, -0.25) is 9.36 Å². The number of rotatable bonds is 5. The summed E-state index contributed by atoms with van der Waals surface area (Å²) in [5, 5.41) is 12.2. The van der Waals surface area contributed by atoms with E-state index in [9.17, 15) is 27.9 Å². The number of fused-ring (bicyclic) bond motifs is 2. The molecular weight excluding hydrogens is 523 g/mol. The molecule has 0 spiro atoms. The van der Waals surface area contributed by atoms with Crippen molar-refractivity contribution in [2.45, 2.75) is 32.2 Å². The normalized spacial score (nSPS) is 14.0. The van der Waals surface area contributed by atoms with Crippen LogP contribution >= 0.6 is 11.6 Å². The monoisotopic (exact) mass is 543 g/mol. The first-order chi connectivity index (χ1) is 17.9. The Morgan fingerprint density at radius 1 is 1.11 bits per heavy atom. The zero-order valence-electron chi connectivity index (χ0n) is 20.2. The van der Waals surface area contributed by atoms with Crippen LogP contribution in [0.1, 0.15) is 45.7 Å². The number of hydrogen-bond donors (Lipinski definition) is 2. The van der Waals surface area contributed by atoms with Crippen LogP contribution in [0.5, 0.6) is 0 Å². The molecule has 0 amide bonds. The highest BCUT2D eigenvalue weighted by molar-refractivity contribution is 6.29. The van der Waals surface area contributed by atoms with Crippen LogP contribution in [0.3, 0.4) is 0 Å². The molecule has 0 aliphatic carbocycles. The van der Waals surface area contributed by atoms with Gasteiger partial charge in [0.2, 0.25) is 5.95 Å². The first-order valence-electron chi connectivity index (χ1n) is 11.5. The first-order valence-corrected chi connectivity index (χ1v) is 11.9. The third-order valence-electron chi connectivity index (χ3n) is 6.54. The van der Waals surface area contributed by atoms with Crippen molar-refractivity contribution in [3.63, 3.8) is 0 Å². The van der Waals surface area contributed by atoms with Crippen LogP contribution in [-0.4, -0.2) is 25.6 Å². The molecule has 2 aromatic carbocycles. The van der Waals surface area contributed by atoms with E-state index in [0.29, 0.717) is 19.0 Å². The Morgan fingerprint density at radius 3 is 2.37 bits per heavy atom. The van der Waals surface area contributed by atoms with E-state index in [2.05, 4.69) is 15.3 Å². The lowest BCUT2D eigenvalue weighted by Gasteiger charge is -2.23. The van der Waals surface area contributed by atoms with Crippen molar-refractivity contribution >= 4 is 40.1 Å². The van der Waals surface area contributed by atoms with Crippen LogP contribution in [0, 0.1) is 0 Å². The Balaban J connectivity index is 1.66. The van der Waals surface area contributed by atoms with Crippen LogP contribution in [-0.2, 0) is 26.3 Å². The molecule has 196 valence electrons. The molecule has 2 aromatic heterocycles. The average molecular weight is 544 g/mol. The number of benzene rings is 2. The Hall–Kier alpha value is -4.12. The van der Waals surface area contributed by atoms with E-state index in [-0.39, 0.29) is 33.0 Å². The third-order valence-corrected chi connectivity index (χ3v) is 6.75. The highest BCUT2D eigenvalue weighted by atomic mass is 35.5. The fourth-order valence-electron chi connectivity index (χ4n) is 4.67. The number of carboxylic acids is 1. The van der Waals surface area contributed by atoms with E-state index in [1.165, 1.54) is 23.7 Å². The van der Waals surface area contributed by atoms with Crippen LogP contribution in [0.2, 0.25) is 5.15 Å². The molecule has 8 nitrogen and oxygen atoms in total. The van der Waals surface area contributed by atoms with Gasteiger partial charge in [-0.05, 0) is 42.3 Å². The van der Waals surface area contributed by atoms with E-state index in [4.69, 9.17) is 11.6 Å². The number of hydrogen-bond acceptors (Lipinski definition) is 6. The van der Waals surface area contributed by atoms with Gasteiger partial charge in [-0.2, -0.15) is 13.2 Å². The molecule has 1 atom stereocenters. The maximum Gasteiger partial charge on any atom is 0.416 e. The molecule has 3 heterocycles. The van der Waals surface area contributed by atoms with Crippen molar-refractivity contribution in [1.82, 2.24) is 14.5 Å². The number of carboxylic acid groups (broad SMARTS) is 1. The van der Waals surface area contributed by atoms with Gasteiger partial charge in [-0.25, -0.2) is 14.8 Å². The largest absolute Gasteiger partial charge is 0.476 e. The highest BCUT2D eigenvalue weighted by Gasteiger charge is 2.33. The minimum absolute atomic E-state index is 0.0495. The molecule has 12 heteroatoms. The molecular formula is C26H21ClF3N5O3. The topological polar surface area (TPSA) is 100 Å². The third kappa shape index (κ3) is 4.53. The summed E-state index contributed by atoms with van der Waals surface area (Å²) in [6.07, 6.45) is -4.73. The Labute approximate surface area is 219 Å². The van der Waals surface area contributed by atoms with Crippen LogP contribution < -0.4 is 15.8 Å². The fraction of sp³-hybridized carbons (Fsp3) is 0.231. The number of anilines is 2. The smallest absolute Gasteiger partial charge is 0.416 e. The van der Waals surface area contributed by atoms with Crippen molar-refractivity contribution < 1.29 is 23.1 Å². The van der Waals surface area contributed by atoms with Crippen molar-refractivity contribution in [1.29, 1.82) is 0 Å². The van der Waals surface area contributed by atoms with Crippen LogP contribution in [0.25, 0.3) is 10.9 Å². The second kappa shape index (κ2) is 9.32. The fourth-order valence-corrected chi connectivity index (χ4v) is 4.82. The van der Waals surface area contributed by atoms with E-state index < -0.39 is 29.3 Å². The summed E-state index contributed by atoms with van der Waals surface area (Å²) in [7, 11) is 1.48. The summed E-state index contributed by atoms with van der Waals surface area (Å²) in [6, 6.07) is 11.4. The summed E-state index contributed by atoms with van der Waals surface area (Å²) in [5.74, 6) is -1.05. The van der Waals surface area contributed by atoms with E-state index in [0.717, 1.165) is 23.3 Å². The van der Waals surface area contributed by atoms with Gasteiger partial charge < -0.3 is 15.3 Å². The number of nitrogens with zero attached hydrogens (tertiary/aromatic N) is 4. The molecule has 0 unspecified atom stereocenters. The second-order valence-corrected chi connectivity index (χ2v) is 9.45. The van der Waals surface area contributed by atoms with Gasteiger partial charge in [0.25, 0.3) is 5.56 Å². The Morgan fingerprint density at radius 2 is 1.76 bits per heavy atom. The zero-order valence-corrected chi connectivity index (χ0v) is 20.9. The number of aromatic nitrogens is 3. The molecule has 0 saturated heterocycles. The molecule has 5 rings (SSSR count).